The predicted molar refractivity (Wildman–Crippen MR) is 83.8 cm³/mol. The van der Waals surface area contributed by atoms with Crippen molar-refractivity contribution in [2.75, 3.05) is 5.32 Å². The molecule has 4 nitrogen and oxygen atoms in total. The Bertz CT molecular complexity index is 454. The highest BCUT2D eigenvalue weighted by Gasteiger charge is 2.26. The molecule has 1 aliphatic rings. The number of aromatic nitrogens is 1. The zero-order valence-corrected chi connectivity index (χ0v) is 12.8. The second-order valence-corrected chi connectivity index (χ2v) is 6.04. The number of pyridine rings is 1. The van der Waals surface area contributed by atoms with Gasteiger partial charge in [-0.25, -0.2) is 0 Å². The number of carbonyl (C=O) groups is 1. The average Bonchev–Trinajstić information content (AvgIpc) is 2.54. The Morgan fingerprint density at radius 2 is 2.14 bits per heavy atom. The number of nitrogens with zero attached hydrogens (tertiary/aromatic N) is 1. The van der Waals surface area contributed by atoms with Crippen molar-refractivity contribution in [2.45, 2.75) is 58.5 Å². The van der Waals surface area contributed by atoms with E-state index in [0.717, 1.165) is 37.2 Å². The highest BCUT2D eigenvalue weighted by molar-refractivity contribution is 5.93. The molecule has 116 valence electrons. The first-order valence-electron chi connectivity index (χ1n) is 8.09. The van der Waals surface area contributed by atoms with Gasteiger partial charge in [0, 0.05) is 17.7 Å². The summed E-state index contributed by atoms with van der Waals surface area (Å²) in [7, 11) is 0. The molecule has 0 saturated heterocycles. The average molecular weight is 290 g/mol. The fourth-order valence-corrected chi connectivity index (χ4v) is 3.11. The van der Waals surface area contributed by atoms with E-state index in [1.165, 1.54) is 19.3 Å². The lowest BCUT2D eigenvalue weighted by molar-refractivity contribution is -0.121. The summed E-state index contributed by atoms with van der Waals surface area (Å²) in [6.45, 7) is 2.15. The Morgan fingerprint density at radius 3 is 2.81 bits per heavy atom. The van der Waals surface area contributed by atoms with E-state index in [-0.39, 0.29) is 18.4 Å². The molecule has 0 radical (unpaired) electrons. The SMILES string of the molecule is CCCCC1CCC(C(=O)Nc2cnccc2CO)CC1. The van der Waals surface area contributed by atoms with Crippen LogP contribution in [0.4, 0.5) is 5.69 Å². The van der Waals surface area contributed by atoms with Crippen LogP contribution >= 0.6 is 0 Å². The number of rotatable bonds is 6. The Kier molecular flexibility index (Phi) is 6.18. The minimum atomic E-state index is -0.0815. The molecule has 1 fully saturated rings. The molecule has 1 aliphatic carbocycles. The molecule has 0 unspecified atom stereocenters. The van der Waals surface area contributed by atoms with Crippen molar-refractivity contribution >= 4 is 11.6 Å². The summed E-state index contributed by atoms with van der Waals surface area (Å²) in [5.41, 5.74) is 1.35. The van der Waals surface area contributed by atoms with Gasteiger partial charge in [-0.05, 0) is 37.7 Å². The minimum absolute atomic E-state index is 0.0756. The summed E-state index contributed by atoms with van der Waals surface area (Å²) in [5, 5.41) is 12.2. The van der Waals surface area contributed by atoms with E-state index >= 15 is 0 Å². The molecule has 21 heavy (non-hydrogen) atoms. The number of hydrogen-bond donors (Lipinski definition) is 2. The van der Waals surface area contributed by atoms with Gasteiger partial charge in [-0.1, -0.05) is 26.2 Å². The van der Waals surface area contributed by atoms with Gasteiger partial charge < -0.3 is 10.4 Å². The Labute approximate surface area is 127 Å². The quantitative estimate of drug-likeness (QED) is 0.842. The summed E-state index contributed by atoms with van der Waals surface area (Å²) in [6, 6.07) is 1.73. The maximum absolute atomic E-state index is 12.3. The van der Waals surface area contributed by atoms with Gasteiger partial charge in [0.2, 0.25) is 5.91 Å². The summed E-state index contributed by atoms with van der Waals surface area (Å²) in [4.78, 5) is 16.3. The summed E-state index contributed by atoms with van der Waals surface area (Å²) < 4.78 is 0. The van der Waals surface area contributed by atoms with Crippen LogP contribution in [0.15, 0.2) is 18.5 Å². The van der Waals surface area contributed by atoms with Crippen molar-refractivity contribution in [3.8, 4) is 0 Å². The van der Waals surface area contributed by atoms with E-state index in [1.807, 2.05) is 0 Å². The third-order valence-corrected chi connectivity index (χ3v) is 4.52. The molecule has 0 aliphatic heterocycles. The van der Waals surface area contributed by atoms with E-state index in [4.69, 9.17) is 0 Å². The van der Waals surface area contributed by atoms with E-state index in [0.29, 0.717) is 5.69 Å². The first kappa shape index (κ1) is 16.0. The van der Waals surface area contributed by atoms with Gasteiger partial charge in [-0.3, -0.25) is 9.78 Å². The first-order valence-corrected chi connectivity index (χ1v) is 8.09. The fourth-order valence-electron chi connectivity index (χ4n) is 3.11. The van der Waals surface area contributed by atoms with E-state index in [1.54, 1.807) is 18.5 Å². The van der Waals surface area contributed by atoms with E-state index < -0.39 is 0 Å². The lowest BCUT2D eigenvalue weighted by atomic mass is 9.79. The molecule has 0 atom stereocenters. The monoisotopic (exact) mass is 290 g/mol. The van der Waals surface area contributed by atoms with Gasteiger partial charge in [-0.15, -0.1) is 0 Å². The van der Waals surface area contributed by atoms with Crippen LogP contribution in [0.5, 0.6) is 0 Å². The minimum Gasteiger partial charge on any atom is -0.392 e. The smallest absolute Gasteiger partial charge is 0.227 e. The van der Waals surface area contributed by atoms with Crippen LogP contribution in [-0.2, 0) is 11.4 Å². The normalized spacial score (nSPS) is 22.0. The second-order valence-electron chi connectivity index (χ2n) is 6.04. The zero-order valence-electron chi connectivity index (χ0n) is 12.8. The van der Waals surface area contributed by atoms with Crippen molar-refractivity contribution in [1.82, 2.24) is 4.98 Å². The third-order valence-electron chi connectivity index (χ3n) is 4.52. The molecule has 4 heteroatoms. The Balaban J connectivity index is 1.85. The van der Waals surface area contributed by atoms with Crippen molar-refractivity contribution in [2.24, 2.45) is 11.8 Å². The zero-order chi connectivity index (χ0) is 15.1. The molecule has 0 bridgehead atoms. The van der Waals surface area contributed by atoms with Gasteiger partial charge in [0.1, 0.15) is 0 Å². The van der Waals surface area contributed by atoms with Crippen LogP contribution in [0, 0.1) is 11.8 Å². The maximum Gasteiger partial charge on any atom is 0.227 e. The van der Waals surface area contributed by atoms with Crippen molar-refractivity contribution in [3.63, 3.8) is 0 Å². The van der Waals surface area contributed by atoms with Crippen molar-refractivity contribution in [3.05, 3.63) is 24.0 Å². The molecule has 1 aromatic rings. The Hall–Kier alpha value is -1.42. The van der Waals surface area contributed by atoms with Gasteiger partial charge >= 0.3 is 0 Å². The Morgan fingerprint density at radius 1 is 1.38 bits per heavy atom. The summed E-state index contributed by atoms with van der Waals surface area (Å²) in [5.74, 6) is 0.988. The number of aliphatic hydroxyl groups excluding tert-OH is 1. The molecule has 0 aromatic carbocycles. The van der Waals surface area contributed by atoms with Crippen LogP contribution in [0.1, 0.15) is 57.4 Å². The first-order chi connectivity index (χ1) is 10.2. The lowest BCUT2D eigenvalue weighted by Gasteiger charge is -2.27. The number of carbonyl (C=O) groups excluding carboxylic acids is 1. The highest BCUT2D eigenvalue weighted by Crippen LogP contribution is 2.32. The molecule has 1 aromatic heterocycles. The van der Waals surface area contributed by atoms with Gasteiger partial charge in [0.05, 0.1) is 18.5 Å². The van der Waals surface area contributed by atoms with Crippen LogP contribution < -0.4 is 5.32 Å². The van der Waals surface area contributed by atoms with Crippen LogP contribution in [-0.4, -0.2) is 16.0 Å². The second kappa shape index (κ2) is 8.13. The fraction of sp³-hybridized carbons (Fsp3) is 0.647. The topological polar surface area (TPSA) is 62.2 Å². The van der Waals surface area contributed by atoms with Gasteiger partial charge in [0.25, 0.3) is 0 Å². The number of amides is 1. The third kappa shape index (κ3) is 4.53. The molecule has 1 heterocycles. The number of unbranched alkanes of at least 4 members (excludes halogenated alkanes) is 1. The molecule has 2 N–H and O–H groups in total. The number of aliphatic hydroxyl groups is 1. The molecule has 2 rings (SSSR count). The molecule has 1 amide bonds. The highest BCUT2D eigenvalue weighted by atomic mass is 16.3. The van der Waals surface area contributed by atoms with Crippen LogP contribution in [0.2, 0.25) is 0 Å². The molecular weight excluding hydrogens is 264 g/mol. The lowest BCUT2D eigenvalue weighted by Crippen LogP contribution is -2.27. The summed E-state index contributed by atoms with van der Waals surface area (Å²) >= 11 is 0. The van der Waals surface area contributed by atoms with Crippen LogP contribution in [0.3, 0.4) is 0 Å². The van der Waals surface area contributed by atoms with Gasteiger partial charge in [-0.2, -0.15) is 0 Å². The molecular formula is C17H26N2O2. The molecule has 0 spiro atoms. The predicted octanol–water partition coefficient (Wildman–Crippen LogP) is 3.51. The standard InChI is InChI=1S/C17H26N2O2/c1-2-3-4-13-5-7-14(8-6-13)17(21)19-16-11-18-10-9-15(16)12-20/h9-11,13-14,20H,2-8,12H2,1H3,(H,19,21). The molecule has 1 saturated carbocycles. The number of nitrogens with one attached hydrogen (secondary N) is 1. The summed E-state index contributed by atoms with van der Waals surface area (Å²) in [6.07, 6.45) is 11.4. The van der Waals surface area contributed by atoms with Crippen LogP contribution in [0.25, 0.3) is 0 Å². The van der Waals surface area contributed by atoms with E-state index in [9.17, 15) is 9.90 Å². The van der Waals surface area contributed by atoms with Gasteiger partial charge in [0.15, 0.2) is 0 Å². The number of hydrogen-bond acceptors (Lipinski definition) is 3. The maximum atomic E-state index is 12.3. The largest absolute Gasteiger partial charge is 0.392 e. The van der Waals surface area contributed by atoms with Crippen molar-refractivity contribution < 1.29 is 9.90 Å². The number of anilines is 1. The van der Waals surface area contributed by atoms with E-state index in [2.05, 4.69) is 17.2 Å². The van der Waals surface area contributed by atoms with Crippen molar-refractivity contribution in [1.29, 1.82) is 0 Å².